The van der Waals surface area contributed by atoms with Crippen LogP contribution >= 0.6 is 23.5 Å². The summed E-state index contributed by atoms with van der Waals surface area (Å²) in [6, 6.07) is 0. The molecule has 6 heteroatoms. The van der Waals surface area contributed by atoms with Crippen molar-refractivity contribution in [2.24, 2.45) is 0 Å². The van der Waals surface area contributed by atoms with Crippen molar-refractivity contribution in [2.75, 3.05) is 24.6 Å². The van der Waals surface area contributed by atoms with Gasteiger partial charge in [0, 0.05) is 24.6 Å². The molecule has 0 saturated carbocycles. The van der Waals surface area contributed by atoms with Crippen molar-refractivity contribution in [1.29, 1.82) is 10.5 Å². The number of nitrogens with zero attached hydrogens (tertiary/aromatic N) is 2. The first kappa shape index (κ1) is 21.0. The Morgan fingerprint density at radius 3 is 1.55 bits per heavy atom. The Balaban J connectivity index is 3.17. The summed E-state index contributed by atoms with van der Waals surface area (Å²) >= 11 is 2.69. The highest BCUT2D eigenvalue weighted by Crippen LogP contribution is 2.06. The van der Waals surface area contributed by atoms with Crippen molar-refractivity contribution >= 4 is 23.5 Å². The summed E-state index contributed by atoms with van der Waals surface area (Å²) in [5, 5.41) is 27.6. The van der Waals surface area contributed by atoms with E-state index in [4.69, 9.17) is 10.5 Å². The second-order valence-electron chi connectivity index (χ2n) is 5.04. The molecule has 22 heavy (non-hydrogen) atoms. The Bertz CT molecular complexity index is 315. The average Bonchev–Trinajstić information content (AvgIpc) is 2.52. The lowest BCUT2D eigenvalue weighted by molar-refractivity contribution is 0.588. The standard InChI is InChI=1S/C16H28N4S2/c1-16(19-10-6-2-4-8-12-21-14-17)20-11-7-3-5-9-13-22-15-18/h19-20H,1-13H2. The molecule has 0 aromatic rings. The van der Waals surface area contributed by atoms with Crippen molar-refractivity contribution in [2.45, 2.75) is 51.4 Å². The SMILES string of the molecule is C=C(NCCCCCCSC#N)NCCCCCCSC#N. The molecule has 0 aliphatic heterocycles. The smallest absolute Gasteiger partial charge is 0.133 e. The van der Waals surface area contributed by atoms with Crippen LogP contribution in [-0.2, 0) is 0 Å². The fourth-order valence-corrected chi connectivity index (χ4v) is 2.82. The third-order valence-corrected chi connectivity index (χ3v) is 4.40. The Kier molecular flexibility index (Phi) is 17.3. The Morgan fingerprint density at radius 1 is 0.727 bits per heavy atom. The lowest BCUT2D eigenvalue weighted by atomic mass is 10.2. The van der Waals surface area contributed by atoms with Gasteiger partial charge in [0.15, 0.2) is 0 Å². The first-order valence-electron chi connectivity index (χ1n) is 7.99. The van der Waals surface area contributed by atoms with Crippen LogP contribution in [-0.4, -0.2) is 24.6 Å². The molecule has 0 saturated heterocycles. The van der Waals surface area contributed by atoms with Crippen LogP contribution in [0.15, 0.2) is 12.4 Å². The molecule has 2 N–H and O–H groups in total. The van der Waals surface area contributed by atoms with E-state index in [9.17, 15) is 0 Å². The second kappa shape index (κ2) is 18.1. The van der Waals surface area contributed by atoms with Gasteiger partial charge in [0.1, 0.15) is 10.8 Å². The van der Waals surface area contributed by atoms with Crippen LogP contribution in [0, 0.1) is 21.3 Å². The van der Waals surface area contributed by atoms with E-state index in [-0.39, 0.29) is 0 Å². The maximum atomic E-state index is 8.39. The topological polar surface area (TPSA) is 71.6 Å². The van der Waals surface area contributed by atoms with Gasteiger partial charge in [0.25, 0.3) is 0 Å². The van der Waals surface area contributed by atoms with Crippen molar-refractivity contribution in [1.82, 2.24) is 10.6 Å². The molecule has 0 atom stereocenters. The Hall–Kier alpha value is -0.980. The maximum Gasteiger partial charge on any atom is 0.133 e. The van der Waals surface area contributed by atoms with E-state index < -0.39 is 0 Å². The number of rotatable bonds is 16. The van der Waals surface area contributed by atoms with Gasteiger partial charge in [-0.2, -0.15) is 10.5 Å². The summed E-state index contributed by atoms with van der Waals surface area (Å²) in [5.41, 5.74) is 0. The third kappa shape index (κ3) is 17.1. The minimum atomic E-state index is 0.917. The zero-order valence-corrected chi connectivity index (χ0v) is 15.0. The van der Waals surface area contributed by atoms with Gasteiger partial charge in [-0.15, -0.1) is 0 Å². The quantitative estimate of drug-likeness (QED) is 0.324. The second-order valence-corrected chi connectivity index (χ2v) is 6.80. The van der Waals surface area contributed by atoms with Gasteiger partial charge in [0.05, 0.1) is 5.82 Å². The fraction of sp³-hybridized carbons (Fsp3) is 0.750. The number of hydrogen-bond acceptors (Lipinski definition) is 6. The minimum absolute atomic E-state index is 0.917. The zero-order chi connectivity index (χ0) is 16.3. The van der Waals surface area contributed by atoms with Crippen LogP contribution in [0.2, 0.25) is 0 Å². The molecule has 0 radical (unpaired) electrons. The lowest BCUT2D eigenvalue weighted by Gasteiger charge is -2.12. The van der Waals surface area contributed by atoms with Gasteiger partial charge in [-0.3, -0.25) is 0 Å². The minimum Gasteiger partial charge on any atom is -0.372 e. The molecule has 0 spiro atoms. The summed E-state index contributed by atoms with van der Waals surface area (Å²) in [6.07, 6.45) is 9.35. The molecule has 0 fully saturated rings. The number of nitrogens with one attached hydrogen (secondary N) is 2. The molecular weight excluding hydrogens is 312 g/mol. The van der Waals surface area contributed by atoms with Gasteiger partial charge in [-0.05, 0) is 49.2 Å². The van der Waals surface area contributed by atoms with E-state index in [1.165, 1.54) is 49.2 Å². The summed E-state index contributed by atoms with van der Waals surface area (Å²) in [6.45, 7) is 5.89. The predicted octanol–water partition coefficient (Wildman–Crippen LogP) is 4.19. The molecule has 0 aliphatic rings. The van der Waals surface area contributed by atoms with Crippen molar-refractivity contribution in [3.05, 3.63) is 12.4 Å². The van der Waals surface area contributed by atoms with Crippen LogP contribution in [0.5, 0.6) is 0 Å². The van der Waals surface area contributed by atoms with E-state index in [2.05, 4.69) is 28.0 Å². The highest BCUT2D eigenvalue weighted by molar-refractivity contribution is 8.03. The lowest BCUT2D eigenvalue weighted by Crippen LogP contribution is -2.27. The van der Waals surface area contributed by atoms with Gasteiger partial charge in [-0.1, -0.05) is 32.3 Å². The molecule has 0 heterocycles. The van der Waals surface area contributed by atoms with Crippen molar-refractivity contribution in [3.63, 3.8) is 0 Å². The average molecular weight is 341 g/mol. The molecular formula is C16H28N4S2. The normalized spacial score (nSPS) is 9.73. The molecule has 0 aromatic carbocycles. The molecule has 124 valence electrons. The van der Waals surface area contributed by atoms with E-state index in [0.717, 1.165) is 56.1 Å². The molecule has 0 aliphatic carbocycles. The first-order valence-corrected chi connectivity index (χ1v) is 9.96. The van der Waals surface area contributed by atoms with E-state index in [1.807, 2.05) is 0 Å². The summed E-state index contributed by atoms with van der Waals surface area (Å²) in [4.78, 5) is 0. The number of hydrogen-bond donors (Lipinski definition) is 2. The molecule has 0 amide bonds. The first-order chi connectivity index (χ1) is 10.8. The Morgan fingerprint density at radius 2 is 1.14 bits per heavy atom. The van der Waals surface area contributed by atoms with E-state index in [0.29, 0.717) is 0 Å². The maximum absolute atomic E-state index is 8.39. The van der Waals surface area contributed by atoms with Crippen molar-refractivity contribution < 1.29 is 0 Å². The predicted molar refractivity (Wildman–Crippen MR) is 98.2 cm³/mol. The highest BCUT2D eigenvalue weighted by atomic mass is 32.2. The van der Waals surface area contributed by atoms with E-state index >= 15 is 0 Å². The summed E-state index contributed by atoms with van der Waals surface area (Å²) < 4.78 is 0. The highest BCUT2D eigenvalue weighted by Gasteiger charge is 1.95. The third-order valence-electron chi connectivity index (χ3n) is 3.15. The van der Waals surface area contributed by atoms with Gasteiger partial charge in [0.2, 0.25) is 0 Å². The summed E-state index contributed by atoms with van der Waals surface area (Å²) in [5.74, 6) is 2.82. The monoisotopic (exact) mass is 340 g/mol. The largest absolute Gasteiger partial charge is 0.372 e. The fourth-order valence-electron chi connectivity index (χ4n) is 1.94. The van der Waals surface area contributed by atoms with Crippen LogP contribution in [0.3, 0.4) is 0 Å². The number of nitriles is 2. The van der Waals surface area contributed by atoms with Crippen LogP contribution in [0.1, 0.15) is 51.4 Å². The Labute approximate surface area is 144 Å². The molecule has 0 aromatic heterocycles. The van der Waals surface area contributed by atoms with Crippen LogP contribution in [0.4, 0.5) is 0 Å². The van der Waals surface area contributed by atoms with Crippen LogP contribution < -0.4 is 10.6 Å². The van der Waals surface area contributed by atoms with Gasteiger partial charge >= 0.3 is 0 Å². The van der Waals surface area contributed by atoms with Crippen LogP contribution in [0.25, 0.3) is 0 Å². The van der Waals surface area contributed by atoms with Gasteiger partial charge in [-0.25, -0.2) is 0 Å². The number of unbranched alkanes of at least 4 members (excludes halogenated alkanes) is 6. The van der Waals surface area contributed by atoms with E-state index in [1.54, 1.807) is 0 Å². The van der Waals surface area contributed by atoms with Gasteiger partial charge < -0.3 is 10.6 Å². The molecule has 0 unspecified atom stereocenters. The molecule has 4 nitrogen and oxygen atoms in total. The molecule has 0 bridgehead atoms. The zero-order valence-electron chi connectivity index (χ0n) is 13.4. The van der Waals surface area contributed by atoms with Crippen molar-refractivity contribution in [3.8, 4) is 10.8 Å². The molecule has 0 rings (SSSR count). The summed E-state index contributed by atoms with van der Waals surface area (Å²) in [7, 11) is 0. The number of thiocyanates is 2. The number of thioether (sulfide) groups is 2.